The lowest BCUT2D eigenvalue weighted by Crippen LogP contribution is -2.47. The van der Waals surface area contributed by atoms with E-state index in [1.165, 1.54) is 13.2 Å². The van der Waals surface area contributed by atoms with Crippen molar-refractivity contribution < 1.29 is 22.9 Å². The Morgan fingerprint density at radius 3 is 2.29 bits per heavy atom. The number of benzene rings is 1. The number of hydrogen-bond donors (Lipinski definition) is 0. The highest BCUT2D eigenvalue weighted by atomic mass is 32.2. The number of methoxy groups -OCH3 is 1. The largest absolute Gasteiger partial charge is 0.494 e. The predicted molar refractivity (Wildman–Crippen MR) is 121 cm³/mol. The van der Waals surface area contributed by atoms with E-state index in [2.05, 4.69) is 4.40 Å². The molecular weight excluding hydrogens is 419 g/mol. The summed E-state index contributed by atoms with van der Waals surface area (Å²) in [5.41, 5.74) is 1.37. The molecule has 0 bridgehead atoms. The molecule has 1 amide bonds. The molecule has 1 aromatic carbocycles. The third kappa shape index (κ3) is 4.94. The highest BCUT2D eigenvalue weighted by Gasteiger charge is 2.47. The Bertz CT molecular complexity index is 923. The number of piperidine rings is 1. The Morgan fingerprint density at radius 1 is 1.16 bits per heavy atom. The number of halogens is 1. The summed E-state index contributed by atoms with van der Waals surface area (Å²) < 4.78 is 42.3. The zero-order valence-electron chi connectivity index (χ0n) is 19.5. The van der Waals surface area contributed by atoms with Gasteiger partial charge in [0, 0.05) is 24.1 Å². The summed E-state index contributed by atoms with van der Waals surface area (Å²) in [5, 5.41) is 0. The van der Waals surface area contributed by atoms with E-state index in [0.29, 0.717) is 43.6 Å². The van der Waals surface area contributed by atoms with Crippen LogP contribution >= 0.6 is 0 Å². The van der Waals surface area contributed by atoms with Gasteiger partial charge in [-0.2, -0.15) is 4.40 Å². The topological polar surface area (TPSA) is 68.2 Å². The van der Waals surface area contributed by atoms with Crippen LogP contribution < -0.4 is 4.74 Å². The molecule has 0 radical (unpaired) electrons. The first-order valence-corrected chi connectivity index (χ1v) is 11.7. The molecule has 1 fully saturated rings. The number of nitrogens with zero attached hydrogens (tertiary/aromatic N) is 2. The predicted octanol–water partition coefficient (Wildman–Crippen LogP) is 4.66. The standard InChI is InChI=1S/C23H33FN2O4S/c1-21(2,3)30-20(27)26-10-8-23(9-11-26)14-15-12-18(29-7)17(24)13-16(15)19(23)25-31(28)22(4,5)6/h12-13H,8-11,14H2,1-7H3/t31-/m1/s1. The average molecular weight is 453 g/mol. The van der Waals surface area contributed by atoms with Gasteiger partial charge >= 0.3 is 6.09 Å². The van der Waals surface area contributed by atoms with Crippen molar-refractivity contribution in [2.75, 3.05) is 20.2 Å². The Morgan fingerprint density at radius 2 is 1.77 bits per heavy atom. The van der Waals surface area contributed by atoms with Gasteiger partial charge in [0.2, 0.25) is 0 Å². The van der Waals surface area contributed by atoms with Crippen molar-refractivity contribution in [1.82, 2.24) is 4.90 Å². The lowest BCUT2D eigenvalue weighted by atomic mass is 9.74. The maximum Gasteiger partial charge on any atom is 0.410 e. The lowest BCUT2D eigenvalue weighted by molar-refractivity contribution is 0.0159. The maximum absolute atomic E-state index is 14.5. The first-order chi connectivity index (χ1) is 14.3. The number of likely N-dealkylation sites (tertiary alicyclic amines) is 1. The summed E-state index contributed by atoms with van der Waals surface area (Å²) in [7, 11) is -0.0348. The number of rotatable bonds is 2. The number of ether oxygens (including phenoxy) is 2. The van der Waals surface area contributed by atoms with E-state index in [1.54, 1.807) is 11.0 Å². The SMILES string of the molecule is COc1cc2c(cc1F)C(=N[S@](=O)C(C)(C)C)C1(CCN(C(=O)OC(C)(C)C)CC1)C2. The van der Waals surface area contributed by atoms with E-state index in [1.807, 2.05) is 41.5 Å². The quantitative estimate of drug-likeness (QED) is 0.655. The van der Waals surface area contributed by atoms with Crippen molar-refractivity contribution in [3.8, 4) is 5.75 Å². The molecule has 2 aliphatic rings. The molecule has 0 unspecified atom stereocenters. The lowest BCUT2D eigenvalue weighted by Gasteiger charge is -2.40. The number of hydrogen-bond acceptors (Lipinski definition) is 4. The van der Waals surface area contributed by atoms with Crippen molar-refractivity contribution >= 4 is 22.8 Å². The summed E-state index contributed by atoms with van der Waals surface area (Å²) in [6, 6.07) is 3.16. The molecule has 1 aliphatic carbocycles. The van der Waals surface area contributed by atoms with E-state index >= 15 is 0 Å². The molecule has 0 N–H and O–H groups in total. The Balaban J connectivity index is 1.95. The van der Waals surface area contributed by atoms with Crippen molar-refractivity contribution in [2.24, 2.45) is 9.81 Å². The summed E-state index contributed by atoms with van der Waals surface area (Å²) in [5.74, 6) is -0.267. The molecule has 31 heavy (non-hydrogen) atoms. The third-order valence-corrected chi connectivity index (χ3v) is 7.13. The van der Waals surface area contributed by atoms with Gasteiger partial charge in [-0.05, 0) is 78.5 Å². The van der Waals surface area contributed by atoms with Crippen LogP contribution in [0.5, 0.6) is 5.75 Å². The van der Waals surface area contributed by atoms with Crippen molar-refractivity contribution in [3.05, 3.63) is 29.1 Å². The number of amides is 1. The summed E-state index contributed by atoms with van der Waals surface area (Å²) in [6.45, 7) is 12.2. The van der Waals surface area contributed by atoms with E-state index in [-0.39, 0.29) is 17.3 Å². The molecular formula is C23H33FN2O4S. The fourth-order valence-corrected chi connectivity index (χ4v) is 4.81. The molecule has 1 heterocycles. The third-order valence-electron chi connectivity index (χ3n) is 5.73. The molecule has 172 valence electrons. The monoisotopic (exact) mass is 452 g/mol. The van der Waals surface area contributed by atoms with Crippen LogP contribution in [0.4, 0.5) is 9.18 Å². The van der Waals surface area contributed by atoms with Gasteiger partial charge in [0.25, 0.3) is 0 Å². The van der Waals surface area contributed by atoms with Gasteiger partial charge in [-0.25, -0.2) is 13.4 Å². The Kier molecular flexibility index (Phi) is 6.26. The van der Waals surface area contributed by atoms with Gasteiger partial charge in [0.1, 0.15) is 16.6 Å². The second kappa shape index (κ2) is 8.19. The average Bonchev–Trinajstić information content (AvgIpc) is 2.91. The van der Waals surface area contributed by atoms with Gasteiger partial charge in [0.15, 0.2) is 11.6 Å². The smallest absolute Gasteiger partial charge is 0.410 e. The van der Waals surface area contributed by atoms with Crippen molar-refractivity contribution in [1.29, 1.82) is 0 Å². The van der Waals surface area contributed by atoms with Gasteiger partial charge in [0.05, 0.1) is 17.6 Å². The molecule has 1 saturated heterocycles. The highest BCUT2D eigenvalue weighted by Crippen LogP contribution is 2.47. The van der Waals surface area contributed by atoms with E-state index in [4.69, 9.17) is 9.47 Å². The molecule has 1 spiro atoms. The van der Waals surface area contributed by atoms with Crippen LogP contribution in [0, 0.1) is 11.2 Å². The number of carbonyl (C=O) groups excluding carboxylic acids is 1. The highest BCUT2D eigenvalue weighted by molar-refractivity contribution is 7.85. The molecule has 1 aliphatic heterocycles. The number of fused-ring (bicyclic) bond motifs is 1. The van der Waals surface area contributed by atoms with Crippen LogP contribution in [0.2, 0.25) is 0 Å². The van der Waals surface area contributed by atoms with Crippen molar-refractivity contribution in [2.45, 2.75) is 71.2 Å². The van der Waals surface area contributed by atoms with E-state index < -0.39 is 27.2 Å². The maximum atomic E-state index is 14.5. The van der Waals surface area contributed by atoms with Crippen LogP contribution in [0.25, 0.3) is 0 Å². The normalized spacial score (nSPS) is 20.6. The van der Waals surface area contributed by atoms with Crippen LogP contribution in [0.3, 0.4) is 0 Å². The zero-order valence-corrected chi connectivity index (χ0v) is 20.3. The van der Waals surface area contributed by atoms with Crippen LogP contribution in [0.1, 0.15) is 65.5 Å². The van der Waals surface area contributed by atoms with Crippen molar-refractivity contribution in [3.63, 3.8) is 0 Å². The minimum atomic E-state index is -1.48. The minimum absolute atomic E-state index is 0.193. The number of carbonyl (C=O) groups is 1. The minimum Gasteiger partial charge on any atom is -0.494 e. The van der Waals surface area contributed by atoms with E-state index in [9.17, 15) is 13.4 Å². The second-order valence-corrected chi connectivity index (χ2v) is 12.3. The summed E-state index contributed by atoms with van der Waals surface area (Å²) >= 11 is 0. The van der Waals surface area contributed by atoms with E-state index in [0.717, 1.165) is 5.56 Å². The molecule has 6 nitrogen and oxygen atoms in total. The fourth-order valence-electron chi connectivity index (χ4n) is 4.08. The molecule has 1 aromatic rings. The second-order valence-electron chi connectivity index (χ2n) is 10.4. The Labute approximate surface area is 186 Å². The molecule has 1 atom stereocenters. The van der Waals surface area contributed by atoms with Gasteiger partial charge in [-0.15, -0.1) is 0 Å². The summed E-state index contributed by atoms with van der Waals surface area (Å²) in [6.07, 6.45) is 1.61. The van der Waals surface area contributed by atoms with Gasteiger partial charge in [-0.1, -0.05) is 0 Å². The van der Waals surface area contributed by atoms with Crippen LogP contribution in [-0.2, 0) is 22.1 Å². The summed E-state index contributed by atoms with van der Waals surface area (Å²) in [4.78, 5) is 14.2. The van der Waals surface area contributed by atoms with Crippen LogP contribution in [0.15, 0.2) is 16.5 Å². The molecule has 3 rings (SSSR count). The fraction of sp³-hybridized carbons (Fsp3) is 0.652. The Hall–Kier alpha value is -1.96. The molecule has 0 aromatic heterocycles. The van der Waals surface area contributed by atoms with Crippen LogP contribution in [-0.4, -0.2) is 51.5 Å². The zero-order chi connectivity index (χ0) is 23.2. The molecule has 0 saturated carbocycles. The first-order valence-electron chi connectivity index (χ1n) is 10.6. The van der Waals surface area contributed by atoms with Gasteiger partial charge < -0.3 is 14.4 Å². The first kappa shape index (κ1) is 23.7. The molecule has 8 heteroatoms. The van der Waals surface area contributed by atoms with Gasteiger partial charge in [-0.3, -0.25) is 0 Å².